The summed E-state index contributed by atoms with van der Waals surface area (Å²) in [6.07, 6.45) is -1.94. The Morgan fingerprint density at radius 3 is 2.30 bits per heavy atom. The molecule has 13 heteroatoms. The Morgan fingerprint density at radius 2 is 1.70 bits per heavy atom. The molecule has 0 amide bonds. The number of fused-ring (bicyclic) bond motifs is 1. The van der Waals surface area contributed by atoms with E-state index in [0.29, 0.717) is 30.8 Å². The minimum absolute atomic E-state index is 0.172. The number of benzene rings is 1. The van der Waals surface area contributed by atoms with E-state index in [9.17, 15) is 33.4 Å². The predicted octanol–water partition coefficient (Wildman–Crippen LogP) is 3.44. The van der Waals surface area contributed by atoms with Gasteiger partial charge in [-0.25, -0.2) is 0 Å². The van der Waals surface area contributed by atoms with Crippen LogP contribution in [0.3, 0.4) is 0 Å². The number of aromatic nitrogens is 3. The second-order valence-corrected chi connectivity index (χ2v) is 7.39. The van der Waals surface area contributed by atoms with Crippen LogP contribution in [0.25, 0.3) is 0 Å². The molecule has 0 bridgehead atoms. The molecule has 0 aliphatic carbocycles. The Morgan fingerprint density at radius 1 is 1.03 bits per heavy atom. The van der Waals surface area contributed by atoms with Gasteiger partial charge in [0, 0.05) is 44.1 Å². The van der Waals surface area contributed by atoms with Gasteiger partial charge in [0.15, 0.2) is 5.69 Å². The molecule has 10 nitrogen and oxygen atoms in total. The normalized spacial score (nSPS) is 19.0. The summed E-state index contributed by atoms with van der Waals surface area (Å²) in [6.45, 7) is 1.18. The molecular weight excluding hydrogens is 409 g/mol. The van der Waals surface area contributed by atoms with Crippen molar-refractivity contribution in [2.24, 2.45) is 0 Å². The predicted molar refractivity (Wildman–Crippen MR) is 97.3 cm³/mol. The first kappa shape index (κ1) is 20.0. The first-order valence-electron chi connectivity index (χ1n) is 9.37. The minimum Gasteiger partial charge on any atom is -0.360 e. The fraction of sp³-hybridized carbons (Fsp3) is 0.529. The fourth-order valence-corrected chi connectivity index (χ4v) is 4.24. The number of aryl methyl sites for hydroxylation is 1. The molecule has 3 heterocycles. The molecule has 1 unspecified atom stereocenters. The number of nitro groups is 2. The molecule has 4 rings (SSSR count). The largest absolute Gasteiger partial charge is 0.416 e. The van der Waals surface area contributed by atoms with Crippen LogP contribution >= 0.6 is 0 Å². The van der Waals surface area contributed by atoms with Gasteiger partial charge in [-0.15, -0.1) is 10.2 Å². The van der Waals surface area contributed by atoms with Crippen molar-refractivity contribution in [1.29, 1.82) is 0 Å². The highest BCUT2D eigenvalue weighted by Crippen LogP contribution is 2.45. The van der Waals surface area contributed by atoms with Gasteiger partial charge >= 0.3 is 6.18 Å². The number of anilines is 1. The van der Waals surface area contributed by atoms with Crippen molar-refractivity contribution in [2.45, 2.75) is 44.3 Å². The Balaban J connectivity index is 1.76. The highest BCUT2D eigenvalue weighted by molar-refractivity contribution is 5.76. The number of piperidine rings is 1. The smallest absolute Gasteiger partial charge is 0.360 e. The molecule has 2 aliphatic heterocycles. The molecule has 0 N–H and O–H groups in total. The maximum atomic E-state index is 13.1. The molecule has 2 aliphatic rings. The number of hydrogen-bond acceptors (Lipinski definition) is 7. The summed E-state index contributed by atoms with van der Waals surface area (Å²) < 4.78 is 41.4. The van der Waals surface area contributed by atoms with Gasteiger partial charge in [-0.3, -0.25) is 20.2 Å². The summed E-state index contributed by atoms with van der Waals surface area (Å²) in [6, 6.07) is 0.724. The number of rotatable bonds is 4. The number of halogens is 3. The molecule has 1 saturated heterocycles. The second kappa shape index (κ2) is 7.22. The fourth-order valence-electron chi connectivity index (χ4n) is 4.24. The van der Waals surface area contributed by atoms with Crippen molar-refractivity contribution in [2.75, 3.05) is 18.0 Å². The summed E-state index contributed by atoms with van der Waals surface area (Å²) in [5.74, 6) is 1.39. The molecular formula is C17H17F3N6O4. The second-order valence-electron chi connectivity index (χ2n) is 7.39. The van der Waals surface area contributed by atoms with E-state index >= 15 is 0 Å². The van der Waals surface area contributed by atoms with Gasteiger partial charge in [0.1, 0.15) is 11.6 Å². The molecule has 0 saturated carbocycles. The molecule has 0 spiro atoms. The molecule has 0 radical (unpaired) electrons. The van der Waals surface area contributed by atoms with Crippen LogP contribution in [0, 0.1) is 20.2 Å². The minimum atomic E-state index is -4.94. The lowest BCUT2D eigenvalue weighted by Gasteiger charge is -2.33. The first-order valence-corrected chi connectivity index (χ1v) is 9.37. The Hall–Kier alpha value is -3.25. The van der Waals surface area contributed by atoms with Gasteiger partial charge < -0.3 is 9.47 Å². The standard InChI is InChI=1S/C17H17F3N6O4/c18-17(19,20)11-7-12(25(27)28)15(13(8-11)26(29)30)23-5-1-3-10(9-23)16-22-21-14-4-2-6-24(14)16/h7-8,10H,1-6,9H2. The van der Waals surface area contributed by atoms with Crippen molar-refractivity contribution in [3.63, 3.8) is 0 Å². The summed E-state index contributed by atoms with van der Waals surface area (Å²) in [5.41, 5.74) is -3.68. The summed E-state index contributed by atoms with van der Waals surface area (Å²) >= 11 is 0. The zero-order valence-electron chi connectivity index (χ0n) is 15.6. The van der Waals surface area contributed by atoms with E-state index in [4.69, 9.17) is 0 Å². The highest BCUT2D eigenvalue weighted by Gasteiger charge is 2.40. The molecule has 160 valence electrons. The van der Waals surface area contributed by atoms with Crippen LogP contribution in [-0.4, -0.2) is 37.7 Å². The van der Waals surface area contributed by atoms with Crippen molar-refractivity contribution < 1.29 is 23.0 Å². The van der Waals surface area contributed by atoms with Crippen molar-refractivity contribution in [3.8, 4) is 0 Å². The van der Waals surface area contributed by atoms with Gasteiger partial charge in [0.2, 0.25) is 0 Å². The maximum absolute atomic E-state index is 13.1. The van der Waals surface area contributed by atoms with Crippen LogP contribution in [0.1, 0.15) is 42.4 Å². The lowest BCUT2D eigenvalue weighted by molar-refractivity contribution is -0.393. The van der Waals surface area contributed by atoms with Gasteiger partial charge in [0.05, 0.1) is 15.4 Å². The van der Waals surface area contributed by atoms with Crippen LogP contribution in [0.4, 0.5) is 30.2 Å². The third-order valence-electron chi connectivity index (χ3n) is 5.53. The topological polar surface area (TPSA) is 120 Å². The first-order chi connectivity index (χ1) is 14.2. The van der Waals surface area contributed by atoms with Crippen molar-refractivity contribution in [3.05, 3.63) is 49.6 Å². The summed E-state index contributed by atoms with van der Waals surface area (Å²) in [4.78, 5) is 22.5. The molecule has 30 heavy (non-hydrogen) atoms. The lowest BCUT2D eigenvalue weighted by atomic mass is 9.95. The van der Waals surface area contributed by atoms with Gasteiger partial charge in [0.25, 0.3) is 11.4 Å². The van der Waals surface area contributed by atoms with E-state index in [2.05, 4.69) is 10.2 Å². The number of hydrogen-bond donors (Lipinski definition) is 0. The monoisotopic (exact) mass is 426 g/mol. The average molecular weight is 426 g/mol. The molecule has 2 aromatic rings. The van der Waals surface area contributed by atoms with E-state index in [1.54, 1.807) is 0 Å². The molecule has 1 aromatic carbocycles. The zero-order chi connectivity index (χ0) is 21.6. The van der Waals surface area contributed by atoms with Crippen molar-refractivity contribution in [1.82, 2.24) is 14.8 Å². The molecule has 1 atom stereocenters. The van der Waals surface area contributed by atoms with Crippen LogP contribution in [0.5, 0.6) is 0 Å². The van der Waals surface area contributed by atoms with Gasteiger partial charge in [-0.2, -0.15) is 13.2 Å². The van der Waals surface area contributed by atoms with Crippen LogP contribution in [-0.2, 0) is 19.1 Å². The highest BCUT2D eigenvalue weighted by atomic mass is 19.4. The van der Waals surface area contributed by atoms with E-state index in [-0.39, 0.29) is 19.0 Å². The summed E-state index contributed by atoms with van der Waals surface area (Å²) in [7, 11) is 0. The Kier molecular flexibility index (Phi) is 4.82. The summed E-state index contributed by atoms with van der Waals surface area (Å²) in [5, 5.41) is 31.5. The third-order valence-corrected chi connectivity index (χ3v) is 5.53. The third kappa shape index (κ3) is 3.44. The Labute approximate surface area is 167 Å². The average Bonchev–Trinajstić information content (AvgIpc) is 3.30. The van der Waals surface area contributed by atoms with Crippen molar-refractivity contribution >= 4 is 17.1 Å². The van der Waals surface area contributed by atoms with Crippen LogP contribution in [0.15, 0.2) is 12.1 Å². The lowest BCUT2D eigenvalue weighted by Crippen LogP contribution is -2.36. The number of nitro benzene ring substituents is 2. The maximum Gasteiger partial charge on any atom is 0.416 e. The number of alkyl halides is 3. The SMILES string of the molecule is O=[N+]([O-])c1cc(C(F)(F)F)cc([N+](=O)[O-])c1N1CCCC(c2nnc3n2CCC3)C1. The molecule has 1 fully saturated rings. The van der Waals surface area contributed by atoms with E-state index in [1.165, 1.54) is 4.90 Å². The zero-order valence-corrected chi connectivity index (χ0v) is 15.6. The van der Waals surface area contributed by atoms with Crippen LogP contribution < -0.4 is 4.90 Å². The van der Waals surface area contributed by atoms with Gasteiger partial charge in [-0.05, 0) is 19.3 Å². The molecule has 1 aromatic heterocycles. The van der Waals surface area contributed by atoms with E-state index in [0.717, 1.165) is 25.2 Å². The van der Waals surface area contributed by atoms with Gasteiger partial charge in [-0.1, -0.05) is 0 Å². The number of nitrogens with zero attached hydrogens (tertiary/aromatic N) is 6. The van der Waals surface area contributed by atoms with E-state index < -0.39 is 38.6 Å². The quantitative estimate of drug-likeness (QED) is 0.542. The van der Waals surface area contributed by atoms with Crippen LogP contribution in [0.2, 0.25) is 0 Å². The Bertz CT molecular complexity index is 986. The van der Waals surface area contributed by atoms with E-state index in [1.807, 2.05) is 4.57 Å².